The molecular formula is C11H19FNO4+. The van der Waals surface area contributed by atoms with E-state index in [2.05, 4.69) is 0 Å². The number of likely N-dealkylation sites (tertiary alicyclic amines) is 1. The molecule has 3 atom stereocenters. The Morgan fingerprint density at radius 1 is 1.35 bits per heavy atom. The van der Waals surface area contributed by atoms with E-state index in [1.807, 2.05) is 0 Å². The molecule has 0 saturated carbocycles. The highest BCUT2D eigenvalue weighted by Gasteiger charge is 2.70. The topological polar surface area (TPSA) is 74.6 Å². The zero-order valence-electron chi connectivity index (χ0n) is 10.5. The van der Waals surface area contributed by atoms with Crippen LogP contribution in [0.25, 0.3) is 0 Å². The molecule has 0 aromatic heterocycles. The van der Waals surface area contributed by atoms with Crippen LogP contribution in [0.1, 0.15) is 34.1 Å². The van der Waals surface area contributed by atoms with Gasteiger partial charge in [-0.3, -0.25) is 0 Å². The van der Waals surface area contributed by atoms with Crippen LogP contribution in [0.2, 0.25) is 0 Å². The second-order valence-corrected chi connectivity index (χ2v) is 5.83. The van der Waals surface area contributed by atoms with E-state index >= 15 is 0 Å². The number of carboxylic acid groups (broad SMARTS) is 2. The summed E-state index contributed by atoms with van der Waals surface area (Å²) >= 11 is 0. The van der Waals surface area contributed by atoms with Crippen molar-refractivity contribution >= 4 is 12.1 Å². The average Bonchev–Trinajstić information content (AvgIpc) is 2.38. The fraction of sp³-hybridized carbons (Fsp3) is 0.818. The van der Waals surface area contributed by atoms with Crippen molar-refractivity contribution in [2.75, 3.05) is 6.54 Å². The highest BCUT2D eigenvalue weighted by molar-refractivity contribution is 5.80. The van der Waals surface area contributed by atoms with E-state index in [0.717, 1.165) is 0 Å². The van der Waals surface area contributed by atoms with Crippen LogP contribution in [0.15, 0.2) is 0 Å². The molecule has 0 spiro atoms. The highest BCUT2D eigenvalue weighted by Crippen LogP contribution is 2.45. The van der Waals surface area contributed by atoms with E-state index < -0.39 is 33.8 Å². The number of carboxylic acids is 1. The quantitative estimate of drug-likeness (QED) is 0.695. The van der Waals surface area contributed by atoms with Gasteiger partial charge in [-0.25, -0.2) is 13.7 Å². The Morgan fingerprint density at radius 2 is 1.82 bits per heavy atom. The Bertz CT molecular complexity index is 365. The minimum atomic E-state index is -1.64. The molecule has 2 N–H and O–H groups in total. The highest BCUT2D eigenvalue weighted by atomic mass is 19.1. The van der Waals surface area contributed by atoms with Crippen molar-refractivity contribution in [1.29, 1.82) is 0 Å². The second-order valence-electron chi connectivity index (χ2n) is 5.83. The molecule has 1 amide bonds. The summed E-state index contributed by atoms with van der Waals surface area (Å²) in [4.78, 5) is 23.0. The van der Waals surface area contributed by atoms with Crippen molar-refractivity contribution in [3.63, 3.8) is 0 Å². The number of hydrogen-bond donors (Lipinski definition) is 2. The third-order valence-electron chi connectivity index (χ3n) is 3.87. The molecule has 5 nitrogen and oxygen atoms in total. The maximum Gasteiger partial charge on any atom is 0.514 e. The Kier molecular flexibility index (Phi) is 2.99. The van der Waals surface area contributed by atoms with Crippen LogP contribution in [-0.2, 0) is 4.79 Å². The predicted octanol–water partition coefficient (Wildman–Crippen LogP) is 1.86. The van der Waals surface area contributed by atoms with Crippen LogP contribution in [0.5, 0.6) is 0 Å². The number of halogens is 1. The van der Waals surface area contributed by atoms with Crippen LogP contribution < -0.4 is 0 Å². The van der Waals surface area contributed by atoms with Gasteiger partial charge in [0, 0.05) is 6.92 Å². The maximum atomic E-state index is 13.6. The molecule has 17 heavy (non-hydrogen) atoms. The molecule has 1 heterocycles. The lowest BCUT2D eigenvalue weighted by molar-refractivity contribution is -0.929. The predicted molar refractivity (Wildman–Crippen MR) is 58.5 cm³/mol. The van der Waals surface area contributed by atoms with Gasteiger partial charge >= 0.3 is 12.1 Å². The minimum Gasteiger partial charge on any atom is -0.477 e. The van der Waals surface area contributed by atoms with Gasteiger partial charge in [0.2, 0.25) is 5.54 Å². The summed E-state index contributed by atoms with van der Waals surface area (Å²) in [6, 6.07) is 0. The molecule has 6 heteroatoms. The Morgan fingerprint density at radius 3 is 2.06 bits per heavy atom. The molecule has 1 rings (SSSR count). The summed E-state index contributed by atoms with van der Waals surface area (Å²) in [5.74, 6) is -1.27. The number of quaternary nitrogens is 1. The number of amides is 1. The zero-order chi connectivity index (χ0) is 13.6. The summed E-state index contributed by atoms with van der Waals surface area (Å²) in [5.41, 5.74) is -2.52. The number of carbonyl (C=O) groups is 2. The summed E-state index contributed by atoms with van der Waals surface area (Å²) in [5, 5.41) is 18.7. The molecular weight excluding hydrogens is 229 g/mol. The van der Waals surface area contributed by atoms with Crippen molar-refractivity contribution in [1.82, 2.24) is 0 Å². The first-order valence-electron chi connectivity index (χ1n) is 5.48. The number of rotatable bonds is 1. The van der Waals surface area contributed by atoms with Gasteiger partial charge in [0.05, 0.1) is 6.42 Å². The van der Waals surface area contributed by atoms with Crippen molar-refractivity contribution < 1.29 is 28.7 Å². The van der Waals surface area contributed by atoms with Gasteiger partial charge in [0.1, 0.15) is 12.1 Å². The van der Waals surface area contributed by atoms with E-state index in [4.69, 9.17) is 0 Å². The summed E-state index contributed by atoms with van der Waals surface area (Å²) in [6.45, 7) is 5.89. The van der Waals surface area contributed by atoms with Crippen LogP contribution >= 0.6 is 0 Å². The van der Waals surface area contributed by atoms with Gasteiger partial charge in [-0.2, -0.15) is 4.79 Å². The smallest absolute Gasteiger partial charge is 0.477 e. The molecule has 98 valence electrons. The van der Waals surface area contributed by atoms with Gasteiger partial charge in [-0.1, -0.05) is 0 Å². The third kappa shape index (κ3) is 1.62. The molecule has 1 fully saturated rings. The van der Waals surface area contributed by atoms with Gasteiger partial charge < -0.3 is 10.2 Å². The first kappa shape index (κ1) is 13.9. The molecule has 0 radical (unpaired) electrons. The van der Waals surface area contributed by atoms with Crippen molar-refractivity contribution in [3.8, 4) is 0 Å². The molecule has 1 saturated heterocycles. The largest absolute Gasteiger partial charge is 0.514 e. The SMILES string of the molecule is CC(C)(C)[N+]1(C(=O)O)C[C@H](F)C[C@]1(C)C(=O)O. The zero-order valence-corrected chi connectivity index (χ0v) is 10.5. The van der Waals surface area contributed by atoms with Crippen LogP contribution in [0.4, 0.5) is 9.18 Å². The number of nitrogens with zero attached hydrogens (tertiary/aromatic N) is 1. The van der Waals surface area contributed by atoms with E-state index in [1.54, 1.807) is 20.8 Å². The molecule has 1 aliphatic heterocycles. The normalized spacial score (nSPS) is 38.1. The first-order chi connectivity index (χ1) is 7.49. The van der Waals surface area contributed by atoms with Crippen molar-refractivity contribution in [2.24, 2.45) is 0 Å². The van der Waals surface area contributed by atoms with E-state index in [-0.39, 0.29) is 13.0 Å². The average molecular weight is 248 g/mol. The monoisotopic (exact) mass is 248 g/mol. The second kappa shape index (κ2) is 3.66. The van der Waals surface area contributed by atoms with E-state index in [9.17, 15) is 24.2 Å². The molecule has 0 aromatic carbocycles. The van der Waals surface area contributed by atoms with Gasteiger partial charge in [0.25, 0.3) is 0 Å². The van der Waals surface area contributed by atoms with Gasteiger partial charge in [-0.15, -0.1) is 0 Å². The lowest BCUT2D eigenvalue weighted by atomic mass is 9.90. The number of hydrogen-bond acceptors (Lipinski definition) is 2. The van der Waals surface area contributed by atoms with Crippen molar-refractivity contribution in [2.45, 2.75) is 51.4 Å². The number of aliphatic carboxylic acids is 1. The molecule has 1 unspecified atom stereocenters. The summed E-state index contributed by atoms with van der Waals surface area (Å²) < 4.78 is 12.8. The lowest BCUT2D eigenvalue weighted by Gasteiger charge is -2.47. The van der Waals surface area contributed by atoms with Crippen LogP contribution in [-0.4, -0.2) is 50.6 Å². The van der Waals surface area contributed by atoms with Crippen LogP contribution in [0, 0.1) is 0 Å². The van der Waals surface area contributed by atoms with Crippen LogP contribution in [0.3, 0.4) is 0 Å². The van der Waals surface area contributed by atoms with Gasteiger partial charge in [0.15, 0.2) is 6.17 Å². The fourth-order valence-electron chi connectivity index (χ4n) is 2.99. The number of alkyl halides is 1. The Labute approximate surface area is 99.4 Å². The summed E-state index contributed by atoms with van der Waals surface area (Å²) in [7, 11) is 0. The minimum absolute atomic E-state index is 0.272. The van der Waals surface area contributed by atoms with E-state index in [0.29, 0.717) is 0 Å². The molecule has 0 aliphatic carbocycles. The lowest BCUT2D eigenvalue weighted by Crippen LogP contribution is -2.73. The fourth-order valence-corrected chi connectivity index (χ4v) is 2.99. The first-order valence-corrected chi connectivity index (χ1v) is 5.48. The Hall–Kier alpha value is -1.17. The van der Waals surface area contributed by atoms with Gasteiger partial charge in [-0.05, 0) is 20.8 Å². The maximum absolute atomic E-state index is 13.6. The standard InChI is InChI=1S/C11H18FNO4/c1-10(2,3)13(9(16)17)6-7(12)5-11(13,4)8(14)15/h7H,5-6H2,1-4H3,(H-,14,15,16,17)/p+1/t7-,11-,13?/m1/s1. The molecule has 0 aromatic rings. The molecule has 0 bridgehead atoms. The molecule has 1 aliphatic rings. The Balaban J connectivity index is 3.49. The van der Waals surface area contributed by atoms with Crippen molar-refractivity contribution in [3.05, 3.63) is 0 Å². The third-order valence-corrected chi connectivity index (χ3v) is 3.87. The summed E-state index contributed by atoms with van der Waals surface area (Å²) in [6.07, 6.45) is -2.97. The van der Waals surface area contributed by atoms with E-state index in [1.165, 1.54) is 6.92 Å².